The first-order chi connectivity index (χ1) is 13.1. The maximum atomic E-state index is 13.3. The van der Waals surface area contributed by atoms with Crippen molar-refractivity contribution in [1.29, 1.82) is 0 Å². The van der Waals surface area contributed by atoms with Gasteiger partial charge in [0.1, 0.15) is 6.04 Å². The van der Waals surface area contributed by atoms with Crippen molar-refractivity contribution in [2.75, 3.05) is 6.54 Å². The molecule has 1 saturated heterocycles. The van der Waals surface area contributed by atoms with E-state index < -0.39 is 29.8 Å². The average Bonchev–Trinajstić information content (AvgIpc) is 3.08. The molecule has 0 amide bonds. The van der Waals surface area contributed by atoms with Crippen molar-refractivity contribution < 1.29 is 23.1 Å². The van der Waals surface area contributed by atoms with Crippen LogP contribution in [0.5, 0.6) is 0 Å². The lowest BCUT2D eigenvalue weighted by molar-refractivity contribution is -0.143. The Morgan fingerprint density at radius 2 is 1.89 bits per heavy atom. The summed E-state index contributed by atoms with van der Waals surface area (Å²) in [6.45, 7) is 4.24. The molecule has 0 radical (unpaired) electrons. The number of aliphatic carboxylic acids is 1. The zero-order valence-corrected chi connectivity index (χ0v) is 16.3. The molecule has 0 bridgehead atoms. The largest absolute Gasteiger partial charge is 0.480 e. The van der Waals surface area contributed by atoms with Crippen LogP contribution < -0.4 is 0 Å². The van der Waals surface area contributed by atoms with Gasteiger partial charge in [0.15, 0.2) is 0 Å². The van der Waals surface area contributed by atoms with Crippen LogP contribution in [0.15, 0.2) is 36.4 Å². The number of carbonyl (C=O) groups is 1. The Morgan fingerprint density at radius 1 is 1.18 bits per heavy atom. The monoisotopic (exact) mass is 411 g/mol. The highest BCUT2D eigenvalue weighted by atomic mass is 35.5. The summed E-state index contributed by atoms with van der Waals surface area (Å²) in [5.41, 5.74) is 2.07. The number of aryl methyl sites for hydroxylation is 2. The lowest BCUT2D eigenvalue weighted by atomic mass is 9.90. The van der Waals surface area contributed by atoms with Gasteiger partial charge in [-0.1, -0.05) is 35.4 Å². The Kier molecular flexibility index (Phi) is 5.73. The zero-order valence-electron chi connectivity index (χ0n) is 15.6. The van der Waals surface area contributed by atoms with Gasteiger partial charge in [0.2, 0.25) is 0 Å². The summed E-state index contributed by atoms with van der Waals surface area (Å²) in [6.07, 6.45) is -3.40. The molecule has 3 nitrogen and oxygen atoms in total. The highest BCUT2D eigenvalue weighted by Gasteiger charge is 2.39. The maximum Gasteiger partial charge on any atom is 0.416 e. The van der Waals surface area contributed by atoms with Crippen LogP contribution in [0.1, 0.15) is 46.7 Å². The fourth-order valence-electron chi connectivity index (χ4n) is 3.87. The van der Waals surface area contributed by atoms with Gasteiger partial charge < -0.3 is 5.11 Å². The van der Waals surface area contributed by atoms with E-state index in [2.05, 4.69) is 0 Å². The molecule has 2 unspecified atom stereocenters. The van der Waals surface area contributed by atoms with E-state index in [4.69, 9.17) is 11.6 Å². The SMILES string of the molecule is Cc1ccc(C)c(C(c2cc(C(F)(F)F)ccc2Cl)N2CCCC2C(=O)O)c1. The number of carboxylic acid groups (broad SMARTS) is 1. The number of nitrogens with zero attached hydrogens (tertiary/aromatic N) is 1. The third-order valence-corrected chi connectivity index (χ3v) is 5.60. The first-order valence-electron chi connectivity index (χ1n) is 9.02. The van der Waals surface area contributed by atoms with Crippen molar-refractivity contribution in [3.63, 3.8) is 0 Å². The van der Waals surface area contributed by atoms with Crippen molar-refractivity contribution in [2.24, 2.45) is 0 Å². The highest BCUT2D eigenvalue weighted by molar-refractivity contribution is 6.31. The predicted molar refractivity (Wildman–Crippen MR) is 102 cm³/mol. The number of alkyl halides is 3. The zero-order chi connectivity index (χ0) is 20.6. The molecule has 2 aromatic carbocycles. The molecule has 28 heavy (non-hydrogen) atoms. The molecule has 2 aromatic rings. The Balaban J connectivity index is 2.23. The molecule has 0 aliphatic carbocycles. The van der Waals surface area contributed by atoms with E-state index in [9.17, 15) is 23.1 Å². The van der Waals surface area contributed by atoms with E-state index >= 15 is 0 Å². The van der Waals surface area contributed by atoms with Gasteiger partial charge in [0.25, 0.3) is 0 Å². The molecule has 1 fully saturated rings. The van der Waals surface area contributed by atoms with E-state index in [1.807, 2.05) is 32.0 Å². The molecule has 0 spiro atoms. The van der Waals surface area contributed by atoms with Crippen LogP contribution in [0.2, 0.25) is 5.02 Å². The minimum Gasteiger partial charge on any atom is -0.480 e. The van der Waals surface area contributed by atoms with Crippen LogP contribution in [-0.2, 0) is 11.0 Å². The van der Waals surface area contributed by atoms with Gasteiger partial charge in [-0.05, 0) is 61.6 Å². The molecule has 0 saturated carbocycles. The average molecular weight is 412 g/mol. The number of halogens is 4. The van der Waals surface area contributed by atoms with Crippen LogP contribution >= 0.6 is 11.6 Å². The Morgan fingerprint density at radius 3 is 2.54 bits per heavy atom. The maximum absolute atomic E-state index is 13.3. The van der Waals surface area contributed by atoms with E-state index in [1.165, 1.54) is 6.07 Å². The minimum atomic E-state index is -4.51. The third kappa shape index (κ3) is 4.03. The molecule has 3 rings (SSSR count). The number of likely N-dealkylation sites (tertiary alicyclic amines) is 1. The Labute approximate surface area is 166 Å². The number of hydrogen-bond acceptors (Lipinski definition) is 2. The second-order valence-corrected chi connectivity index (χ2v) is 7.64. The first-order valence-corrected chi connectivity index (χ1v) is 9.39. The van der Waals surface area contributed by atoms with Crippen molar-refractivity contribution >= 4 is 17.6 Å². The van der Waals surface area contributed by atoms with E-state index in [0.717, 1.165) is 28.8 Å². The topological polar surface area (TPSA) is 40.5 Å². The number of benzene rings is 2. The first kappa shape index (κ1) is 20.7. The van der Waals surface area contributed by atoms with Gasteiger partial charge in [-0.15, -0.1) is 0 Å². The summed E-state index contributed by atoms with van der Waals surface area (Å²) in [4.78, 5) is 13.5. The molecule has 1 N–H and O–H groups in total. The number of hydrogen-bond donors (Lipinski definition) is 1. The third-order valence-electron chi connectivity index (χ3n) is 5.26. The van der Waals surface area contributed by atoms with Crippen LogP contribution in [0.3, 0.4) is 0 Å². The Hall–Kier alpha value is -2.05. The summed E-state index contributed by atoms with van der Waals surface area (Å²) in [5, 5.41) is 9.84. The summed E-state index contributed by atoms with van der Waals surface area (Å²) >= 11 is 6.35. The van der Waals surface area contributed by atoms with Crippen molar-refractivity contribution in [3.05, 3.63) is 69.2 Å². The molecule has 150 valence electrons. The highest BCUT2D eigenvalue weighted by Crippen LogP contribution is 2.41. The van der Waals surface area contributed by atoms with E-state index in [-0.39, 0.29) is 10.6 Å². The van der Waals surface area contributed by atoms with Crippen LogP contribution in [0, 0.1) is 13.8 Å². The molecular weight excluding hydrogens is 391 g/mol. The summed E-state index contributed by atoms with van der Waals surface area (Å²) in [6, 6.07) is 7.51. The fourth-order valence-corrected chi connectivity index (χ4v) is 4.09. The van der Waals surface area contributed by atoms with Crippen molar-refractivity contribution in [1.82, 2.24) is 4.90 Å². The van der Waals surface area contributed by atoms with Crippen LogP contribution in [0.25, 0.3) is 0 Å². The molecule has 7 heteroatoms. The van der Waals surface area contributed by atoms with Gasteiger partial charge in [-0.2, -0.15) is 13.2 Å². The lowest BCUT2D eigenvalue weighted by Crippen LogP contribution is -2.39. The van der Waals surface area contributed by atoms with Gasteiger partial charge in [0, 0.05) is 11.6 Å². The van der Waals surface area contributed by atoms with Crippen LogP contribution in [-0.4, -0.2) is 28.6 Å². The second kappa shape index (κ2) is 7.76. The van der Waals surface area contributed by atoms with Crippen molar-refractivity contribution in [2.45, 2.75) is 44.9 Å². The van der Waals surface area contributed by atoms with E-state index in [0.29, 0.717) is 19.4 Å². The normalized spacial score (nSPS) is 19.0. The fraction of sp³-hybridized carbons (Fsp3) is 0.381. The smallest absolute Gasteiger partial charge is 0.416 e. The molecule has 2 atom stereocenters. The lowest BCUT2D eigenvalue weighted by Gasteiger charge is -2.34. The quantitative estimate of drug-likeness (QED) is 0.710. The summed E-state index contributed by atoms with van der Waals surface area (Å²) < 4.78 is 40.0. The van der Waals surface area contributed by atoms with Gasteiger partial charge in [-0.3, -0.25) is 9.69 Å². The summed E-state index contributed by atoms with van der Waals surface area (Å²) in [7, 11) is 0. The van der Waals surface area contributed by atoms with Crippen molar-refractivity contribution in [3.8, 4) is 0 Å². The number of rotatable bonds is 4. The predicted octanol–water partition coefficient (Wildman–Crippen LogP) is 5.61. The van der Waals surface area contributed by atoms with Gasteiger partial charge in [-0.25, -0.2) is 0 Å². The van der Waals surface area contributed by atoms with E-state index in [1.54, 1.807) is 4.90 Å². The van der Waals surface area contributed by atoms with Gasteiger partial charge in [0.05, 0.1) is 11.6 Å². The second-order valence-electron chi connectivity index (χ2n) is 7.23. The molecule has 1 aliphatic heterocycles. The molecule has 0 aromatic heterocycles. The molecular formula is C21H21ClF3NO2. The van der Waals surface area contributed by atoms with Gasteiger partial charge >= 0.3 is 12.1 Å². The molecule has 1 aliphatic rings. The minimum absolute atomic E-state index is 0.190. The number of carboxylic acids is 1. The summed E-state index contributed by atoms with van der Waals surface area (Å²) in [5.74, 6) is -0.976. The molecule has 1 heterocycles. The Bertz CT molecular complexity index is 898. The standard InChI is InChI=1S/C21H21ClF3NO2/c1-12-5-6-13(2)15(10-12)19(26-9-3-4-18(26)20(27)28)16-11-14(21(23,24)25)7-8-17(16)22/h5-8,10-11,18-19H,3-4,9H2,1-2H3,(H,27,28). The van der Waals surface area contributed by atoms with Crippen LogP contribution in [0.4, 0.5) is 13.2 Å².